The number of carbonyl (C=O) groups excluding carboxylic acids is 2. The molecule has 0 atom stereocenters. The molecule has 0 bridgehead atoms. The van der Waals surface area contributed by atoms with E-state index in [0.29, 0.717) is 6.29 Å². The molecule has 0 N–H and O–H groups in total. The lowest BCUT2D eigenvalue weighted by molar-refractivity contribution is -0.139. The van der Waals surface area contributed by atoms with E-state index >= 15 is 0 Å². The van der Waals surface area contributed by atoms with Crippen molar-refractivity contribution in [2.45, 2.75) is 6.92 Å². The zero-order chi connectivity index (χ0) is 7.28. The fourth-order valence-corrected chi connectivity index (χ4v) is 0.272. The Morgan fingerprint density at radius 2 is 2.33 bits per heavy atom. The molecule has 3 heteroatoms. The molecule has 0 amide bonds. The number of aldehydes is 1. The molecule has 0 aliphatic rings. The summed E-state index contributed by atoms with van der Waals surface area (Å²) in [5.74, 6) is -0.646. The second-order valence-electron chi connectivity index (χ2n) is 1.36. The Morgan fingerprint density at radius 3 is 2.67 bits per heavy atom. The highest BCUT2D eigenvalue weighted by atomic mass is 16.5. The molecule has 9 heavy (non-hydrogen) atoms. The number of ether oxygens (including phenoxy) is 1. The highest BCUT2D eigenvalue weighted by molar-refractivity contribution is 6.06. The molecule has 0 aliphatic carbocycles. The highest BCUT2D eigenvalue weighted by Crippen LogP contribution is 1.87. The van der Waals surface area contributed by atoms with Crippen LogP contribution in [0.15, 0.2) is 12.2 Å². The predicted octanol–water partition coefficient (Wildman–Crippen LogP) is 0.305. The molecular formula is C6H8O3. The third-order valence-electron chi connectivity index (χ3n) is 0.680. The Kier molecular flexibility index (Phi) is 3.35. The molecule has 0 rings (SSSR count). The zero-order valence-corrected chi connectivity index (χ0v) is 5.22. The van der Waals surface area contributed by atoms with Crippen molar-refractivity contribution in [1.82, 2.24) is 0 Å². The summed E-state index contributed by atoms with van der Waals surface area (Å²) in [4.78, 5) is 20.2. The van der Waals surface area contributed by atoms with Crippen LogP contribution in [0.3, 0.4) is 0 Å². The van der Waals surface area contributed by atoms with Crippen LogP contribution in [0.2, 0.25) is 0 Å². The van der Waals surface area contributed by atoms with Gasteiger partial charge in [0.25, 0.3) is 0 Å². The number of esters is 1. The van der Waals surface area contributed by atoms with Gasteiger partial charge in [0, 0.05) is 0 Å². The van der Waals surface area contributed by atoms with Crippen LogP contribution in [0.5, 0.6) is 0 Å². The van der Waals surface area contributed by atoms with Gasteiger partial charge in [0.1, 0.15) is 0 Å². The first-order valence-corrected chi connectivity index (χ1v) is 2.53. The zero-order valence-electron chi connectivity index (χ0n) is 5.22. The minimum Gasteiger partial charge on any atom is -0.462 e. The van der Waals surface area contributed by atoms with E-state index in [9.17, 15) is 9.59 Å². The first-order chi connectivity index (χ1) is 4.22. The molecule has 0 unspecified atom stereocenters. The van der Waals surface area contributed by atoms with Crippen molar-refractivity contribution in [1.29, 1.82) is 0 Å². The fourth-order valence-electron chi connectivity index (χ4n) is 0.272. The molecule has 0 aliphatic heterocycles. The van der Waals surface area contributed by atoms with Gasteiger partial charge in [0.2, 0.25) is 0 Å². The third kappa shape index (κ3) is 2.64. The van der Waals surface area contributed by atoms with E-state index in [1.807, 2.05) is 0 Å². The Morgan fingerprint density at radius 1 is 1.78 bits per heavy atom. The minimum absolute atomic E-state index is 0.142. The number of carbonyl (C=O) groups is 2. The van der Waals surface area contributed by atoms with Crippen molar-refractivity contribution >= 4 is 12.3 Å². The summed E-state index contributed by atoms with van der Waals surface area (Å²) in [5, 5.41) is 0. The van der Waals surface area contributed by atoms with E-state index in [2.05, 4.69) is 11.3 Å². The molecule has 50 valence electrons. The normalized spacial score (nSPS) is 8.11. The summed E-state index contributed by atoms with van der Waals surface area (Å²) in [6, 6.07) is 0. The molecule has 0 aromatic carbocycles. The summed E-state index contributed by atoms with van der Waals surface area (Å²) in [5.41, 5.74) is -0.142. The van der Waals surface area contributed by atoms with Gasteiger partial charge in [-0.3, -0.25) is 4.79 Å². The number of hydrogen-bond acceptors (Lipinski definition) is 3. The minimum atomic E-state index is -0.646. The standard InChI is InChI=1S/C6H8O3/c1-3-9-6(8)5(2)4-7/h4H,2-3H2,1H3. The van der Waals surface area contributed by atoms with Crippen LogP contribution in [0.25, 0.3) is 0 Å². The third-order valence-corrected chi connectivity index (χ3v) is 0.680. The average molecular weight is 128 g/mol. The predicted molar refractivity (Wildman–Crippen MR) is 31.8 cm³/mol. The maximum Gasteiger partial charge on any atom is 0.340 e. The molecule has 0 fully saturated rings. The van der Waals surface area contributed by atoms with Crippen molar-refractivity contribution in [3.63, 3.8) is 0 Å². The lowest BCUT2D eigenvalue weighted by Crippen LogP contribution is -2.06. The van der Waals surface area contributed by atoms with Crippen LogP contribution >= 0.6 is 0 Å². The van der Waals surface area contributed by atoms with Gasteiger partial charge in [0.15, 0.2) is 6.29 Å². The average Bonchev–Trinajstić information content (AvgIpc) is 1.87. The van der Waals surface area contributed by atoms with Gasteiger partial charge in [0.05, 0.1) is 12.2 Å². The van der Waals surface area contributed by atoms with Crippen LogP contribution in [-0.2, 0) is 14.3 Å². The quantitative estimate of drug-likeness (QED) is 0.180. The SMILES string of the molecule is C=C(C=O)C(=O)OCC. The Balaban J connectivity index is 3.73. The van der Waals surface area contributed by atoms with Crippen molar-refractivity contribution < 1.29 is 14.3 Å². The summed E-state index contributed by atoms with van der Waals surface area (Å²) in [7, 11) is 0. The molecule has 0 heterocycles. The number of rotatable bonds is 3. The summed E-state index contributed by atoms with van der Waals surface area (Å²) in [6.45, 7) is 5.08. The smallest absolute Gasteiger partial charge is 0.340 e. The van der Waals surface area contributed by atoms with Gasteiger partial charge >= 0.3 is 5.97 Å². The van der Waals surface area contributed by atoms with E-state index in [0.717, 1.165) is 0 Å². The van der Waals surface area contributed by atoms with Crippen molar-refractivity contribution in [3.05, 3.63) is 12.2 Å². The van der Waals surface area contributed by atoms with E-state index < -0.39 is 5.97 Å². The molecule has 3 nitrogen and oxygen atoms in total. The van der Waals surface area contributed by atoms with Gasteiger partial charge in [-0.2, -0.15) is 0 Å². The summed E-state index contributed by atoms with van der Waals surface area (Å²) in [6.07, 6.45) is 0.373. The van der Waals surface area contributed by atoms with Crippen molar-refractivity contribution in [2.24, 2.45) is 0 Å². The van der Waals surface area contributed by atoms with E-state index in [1.54, 1.807) is 6.92 Å². The summed E-state index contributed by atoms with van der Waals surface area (Å²) >= 11 is 0. The van der Waals surface area contributed by atoms with Gasteiger partial charge in [-0.1, -0.05) is 6.58 Å². The first-order valence-electron chi connectivity index (χ1n) is 2.53. The second kappa shape index (κ2) is 3.83. The van der Waals surface area contributed by atoms with Crippen LogP contribution in [0.4, 0.5) is 0 Å². The molecular weight excluding hydrogens is 120 g/mol. The Bertz CT molecular complexity index is 137. The van der Waals surface area contributed by atoms with Crippen LogP contribution in [0.1, 0.15) is 6.92 Å². The molecule has 0 aromatic heterocycles. The van der Waals surface area contributed by atoms with Gasteiger partial charge in [-0.15, -0.1) is 0 Å². The molecule has 0 radical (unpaired) electrons. The molecule has 0 aromatic rings. The maximum atomic E-state index is 10.4. The lowest BCUT2D eigenvalue weighted by atomic mass is 10.3. The van der Waals surface area contributed by atoms with Crippen LogP contribution in [-0.4, -0.2) is 18.9 Å². The summed E-state index contributed by atoms with van der Waals surface area (Å²) < 4.78 is 4.42. The number of hydrogen-bond donors (Lipinski definition) is 0. The second-order valence-corrected chi connectivity index (χ2v) is 1.36. The van der Waals surface area contributed by atoms with Crippen molar-refractivity contribution in [2.75, 3.05) is 6.61 Å². The topological polar surface area (TPSA) is 43.4 Å². The molecule has 0 saturated heterocycles. The van der Waals surface area contributed by atoms with Gasteiger partial charge in [-0.05, 0) is 6.92 Å². The van der Waals surface area contributed by atoms with Gasteiger partial charge in [-0.25, -0.2) is 4.79 Å². The Labute approximate surface area is 53.3 Å². The van der Waals surface area contributed by atoms with Crippen LogP contribution < -0.4 is 0 Å². The van der Waals surface area contributed by atoms with E-state index in [4.69, 9.17) is 0 Å². The lowest BCUT2D eigenvalue weighted by Gasteiger charge is -1.96. The highest BCUT2D eigenvalue weighted by Gasteiger charge is 2.03. The Hall–Kier alpha value is -1.12. The maximum absolute atomic E-state index is 10.4. The van der Waals surface area contributed by atoms with Gasteiger partial charge < -0.3 is 4.74 Å². The molecule has 0 spiro atoms. The first kappa shape index (κ1) is 7.88. The monoisotopic (exact) mass is 128 g/mol. The largest absolute Gasteiger partial charge is 0.462 e. The van der Waals surface area contributed by atoms with E-state index in [1.165, 1.54) is 0 Å². The fraction of sp³-hybridized carbons (Fsp3) is 0.333. The van der Waals surface area contributed by atoms with E-state index in [-0.39, 0.29) is 12.2 Å². The van der Waals surface area contributed by atoms with Crippen molar-refractivity contribution in [3.8, 4) is 0 Å². The van der Waals surface area contributed by atoms with Crippen LogP contribution in [0, 0.1) is 0 Å². The molecule has 0 saturated carbocycles.